The van der Waals surface area contributed by atoms with E-state index < -0.39 is 17.7 Å². The molecule has 0 aromatic heterocycles. The Kier molecular flexibility index (Phi) is 3.63. The van der Waals surface area contributed by atoms with Crippen molar-refractivity contribution in [2.24, 2.45) is 0 Å². The van der Waals surface area contributed by atoms with Gasteiger partial charge in [-0.3, -0.25) is 4.79 Å². The Hall–Kier alpha value is -1.14. The molecule has 17 heavy (non-hydrogen) atoms. The van der Waals surface area contributed by atoms with E-state index in [1.54, 1.807) is 6.92 Å². The molecule has 1 amide bonds. The number of hydrogen-bond donors (Lipinski definition) is 0. The molecule has 6 nitrogen and oxygen atoms in total. The summed E-state index contributed by atoms with van der Waals surface area (Å²) in [5, 5.41) is 0. The Labute approximate surface area is 99.8 Å². The van der Waals surface area contributed by atoms with Crippen LogP contribution in [0.25, 0.3) is 0 Å². The average molecular weight is 243 g/mol. The topological polar surface area (TPSA) is 65.1 Å². The van der Waals surface area contributed by atoms with Gasteiger partial charge in [0.2, 0.25) is 0 Å². The van der Waals surface area contributed by atoms with Gasteiger partial charge in [0, 0.05) is 25.9 Å². The quantitative estimate of drug-likeness (QED) is 0.476. The number of likely N-dealkylation sites (tertiary alicyclic amines) is 1. The van der Waals surface area contributed by atoms with Crippen molar-refractivity contribution in [3.63, 3.8) is 0 Å². The van der Waals surface area contributed by atoms with Crippen molar-refractivity contribution in [2.75, 3.05) is 32.9 Å². The molecular weight excluding hydrogens is 226 g/mol. The maximum atomic E-state index is 11.7. The fourth-order valence-electron chi connectivity index (χ4n) is 2.16. The molecule has 0 bridgehead atoms. The first kappa shape index (κ1) is 12.3. The van der Waals surface area contributed by atoms with Gasteiger partial charge in [0.05, 0.1) is 19.8 Å². The second kappa shape index (κ2) is 5.01. The zero-order valence-electron chi connectivity index (χ0n) is 9.94. The molecule has 2 fully saturated rings. The molecule has 0 atom stereocenters. The lowest BCUT2D eigenvalue weighted by molar-refractivity contribution is -0.190. The van der Waals surface area contributed by atoms with Crippen LogP contribution in [-0.4, -0.2) is 55.5 Å². The molecule has 6 heteroatoms. The zero-order valence-corrected chi connectivity index (χ0v) is 9.94. The van der Waals surface area contributed by atoms with E-state index in [0.29, 0.717) is 39.1 Å². The maximum absolute atomic E-state index is 11.7. The molecule has 2 heterocycles. The summed E-state index contributed by atoms with van der Waals surface area (Å²) < 4.78 is 15.8. The average Bonchev–Trinajstić information content (AvgIpc) is 2.78. The van der Waals surface area contributed by atoms with Gasteiger partial charge in [0.1, 0.15) is 0 Å². The van der Waals surface area contributed by atoms with Crippen molar-refractivity contribution in [2.45, 2.75) is 25.6 Å². The van der Waals surface area contributed by atoms with E-state index >= 15 is 0 Å². The molecule has 0 unspecified atom stereocenters. The number of esters is 1. The van der Waals surface area contributed by atoms with Gasteiger partial charge in [0.25, 0.3) is 0 Å². The third-order valence-corrected chi connectivity index (χ3v) is 3.08. The van der Waals surface area contributed by atoms with Gasteiger partial charge in [-0.15, -0.1) is 0 Å². The molecule has 0 radical (unpaired) electrons. The van der Waals surface area contributed by atoms with Crippen LogP contribution in [0.3, 0.4) is 0 Å². The van der Waals surface area contributed by atoms with Gasteiger partial charge in [-0.1, -0.05) is 0 Å². The lowest BCUT2D eigenvalue weighted by Crippen LogP contribution is -2.49. The van der Waals surface area contributed by atoms with E-state index in [4.69, 9.17) is 9.47 Å². The summed E-state index contributed by atoms with van der Waals surface area (Å²) in [7, 11) is 0. The SMILES string of the molecule is CCOC(=O)C(=O)N1CCC2(CC1)OCCO2. The minimum absolute atomic E-state index is 0.217. The van der Waals surface area contributed by atoms with Gasteiger partial charge in [-0.05, 0) is 6.92 Å². The number of rotatable bonds is 1. The molecule has 96 valence electrons. The van der Waals surface area contributed by atoms with Gasteiger partial charge in [-0.2, -0.15) is 0 Å². The highest BCUT2D eigenvalue weighted by Crippen LogP contribution is 2.31. The third-order valence-electron chi connectivity index (χ3n) is 3.08. The highest BCUT2D eigenvalue weighted by atomic mass is 16.7. The number of nitrogens with zero attached hydrogens (tertiary/aromatic N) is 1. The minimum atomic E-state index is -0.781. The van der Waals surface area contributed by atoms with Gasteiger partial charge < -0.3 is 19.1 Å². The molecule has 0 N–H and O–H groups in total. The predicted octanol–water partition coefficient (Wildman–Crippen LogP) is -0.0850. The van der Waals surface area contributed by atoms with Crippen molar-refractivity contribution in [1.82, 2.24) is 4.90 Å². The fraction of sp³-hybridized carbons (Fsp3) is 0.818. The second-order valence-electron chi connectivity index (χ2n) is 4.12. The van der Waals surface area contributed by atoms with Crippen molar-refractivity contribution in [3.05, 3.63) is 0 Å². The Morgan fingerprint density at radius 2 is 1.82 bits per heavy atom. The number of carbonyl (C=O) groups excluding carboxylic acids is 2. The molecule has 1 spiro atoms. The Bertz CT molecular complexity index is 301. The normalized spacial score (nSPS) is 22.8. The Balaban J connectivity index is 1.86. The van der Waals surface area contributed by atoms with Gasteiger partial charge >= 0.3 is 11.9 Å². The van der Waals surface area contributed by atoms with Crippen LogP contribution in [0.1, 0.15) is 19.8 Å². The van der Waals surface area contributed by atoms with E-state index in [0.717, 1.165) is 0 Å². The molecule has 0 aliphatic carbocycles. The largest absolute Gasteiger partial charge is 0.459 e. The van der Waals surface area contributed by atoms with Crippen LogP contribution in [0, 0.1) is 0 Å². The first-order valence-corrected chi connectivity index (χ1v) is 5.91. The lowest BCUT2D eigenvalue weighted by atomic mass is 10.0. The Morgan fingerprint density at radius 1 is 1.24 bits per heavy atom. The monoisotopic (exact) mass is 243 g/mol. The first-order valence-electron chi connectivity index (χ1n) is 5.91. The van der Waals surface area contributed by atoms with Crippen LogP contribution in [-0.2, 0) is 23.8 Å². The summed E-state index contributed by atoms with van der Waals surface area (Å²) >= 11 is 0. The number of ether oxygens (including phenoxy) is 3. The minimum Gasteiger partial charge on any atom is -0.459 e. The number of piperidine rings is 1. The van der Waals surface area contributed by atoms with Crippen molar-refractivity contribution in [1.29, 1.82) is 0 Å². The molecule has 2 saturated heterocycles. The standard InChI is InChI=1S/C11H17NO5/c1-2-15-10(14)9(13)12-5-3-11(4-6-12)16-7-8-17-11/h2-8H2,1H3. The van der Waals surface area contributed by atoms with E-state index in [1.165, 1.54) is 4.90 Å². The van der Waals surface area contributed by atoms with Crippen molar-refractivity contribution < 1.29 is 23.8 Å². The van der Waals surface area contributed by atoms with Crippen LogP contribution in [0.4, 0.5) is 0 Å². The number of hydrogen-bond acceptors (Lipinski definition) is 5. The molecule has 0 aromatic rings. The van der Waals surface area contributed by atoms with Crippen LogP contribution < -0.4 is 0 Å². The smallest absolute Gasteiger partial charge is 0.397 e. The summed E-state index contributed by atoms with van der Waals surface area (Å²) in [5.41, 5.74) is 0. The van der Waals surface area contributed by atoms with Crippen molar-refractivity contribution in [3.8, 4) is 0 Å². The second-order valence-corrected chi connectivity index (χ2v) is 4.12. The summed E-state index contributed by atoms with van der Waals surface area (Å²) in [6.07, 6.45) is 1.22. The number of carbonyl (C=O) groups is 2. The molecule has 0 saturated carbocycles. The Morgan fingerprint density at radius 3 is 2.35 bits per heavy atom. The third kappa shape index (κ3) is 2.58. The molecular formula is C11H17NO5. The zero-order chi connectivity index (χ0) is 12.3. The summed E-state index contributed by atoms with van der Waals surface area (Å²) in [5.74, 6) is -1.87. The first-order chi connectivity index (χ1) is 8.17. The molecule has 2 aliphatic heterocycles. The summed E-state index contributed by atoms with van der Waals surface area (Å²) in [4.78, 5) is 24.4. The summed E-state index contributed by atoms with van der Waals surface area (Å²) in [6.45, 7) is 4.04. The molecule has 2 aliphatic rings. The van der Waals surface area contributed by atoms with Gasteiger partial charge in [0.15, 0.2) is 5.79 Å². The van der Waals surface area contributed by atoms with E-state index in [2.05, 4.69) is 4.74 Å². The van der Waals surface area contributed by atoms with E-state index in [-0.39, 0.29) is 6.61 Å². The van der Waals surface area contributed by atoms with E-state index in [9.17, 15) is 9.59 Å². The molecule has 0 aromatic carbocycles. The van der Waals surface area contributed by atoms with Crippen LogP contribution in [0.5, 0.6) is 0 Å². The van der Waals surface area contributed by atoms with Crippen LogP contribution in [0.2, 0.25) is 0 Å². The highest BCUT2D eigenvalue weighted by molar-refractivity contribution is 6.32. The summed E-state index contributed by atoms with van der Waals surface area (Å²) in [6, 6.07) is 0. The number of amides is 1. The van der Waals surface area contributed by atoms with Crippen LogP contribution >= 0.6 is 0 Å². The van der Waals surface area contributed by atoms with Gasteiger partial charge in [-0.25, -0.2) is 4.79 Å². The lowest BCUT2D eigenvalue weighted by Gasteiger charge is -2.36. The molecule has 2 rings (SSSR count). The van der Waals surface area contributed by atoms with E-state index in [1.807, 2.05) is 0 Å². The predicted molar refractivity (Wildman–Crippen MR) is 57.1 cm³/mol. The maximum Gasteiger partial charge on any atom is 0.397 e. The van der Waals surface area contributed by atoms with Crippen LogP contribution in [0.15, 0.2) is 0 Å². The van der Waals surface area contributed by atoms with Crippen molar-refractivity contribution >= 4 is 11.9 Å². The fourth-order valence-corrected chi connectivity index (χ4v) is 2.16. The highest BCUT2D eigenvalue weighted by Gasteiger charge is 2.41.